The largest absolute Gasteiger partial charge is 0.361 e. The molecule has 34 heavy (non-hydrogen) atoms. The Balaban J connectivity index is 1.72. The van der Waals surface area contributed by atoms with Gasteiger partial charge in [-0.15, -0.1) is 0 Å². The summed E-state index contributed by atoms with van der Waals surface area (Å²) in [5, 5.41) is 3.68. The van der Waals surface area contributed by atoms with Gasteiger partial charge in [0.2, 0.25) is 0 Å². The second-order valence-electron chi connectivity index (χ2n) is 11.0. The van der Waals surface area contributed by atoms with Crippen LogP contribution in [-0.2, 0) is 0 Å². The highest BCUT2D eigenvalue weighted by Crippen LogP contribution is 2.40. The average molecular weight is 460 g/mol. The highest BCUT2D eigenvalue weighted by Gasteiger charge is 2.34. The molecule has 4 rings (SSSR count). The van der Waals surface area contributed by atoms with Crippen LogP contribution in [0.2, 0.25) is 0 Å². The predicted molar refractivity (Wildman–Crippen MR) is 144 cm³/mol. The average Bonchev–Trinajstić information content (AvgIpc) is 2.83. The first-order valence-electron chi connectivity index (χ1n) is 13.3. The molecule has 2 heteroatoms. The van der Waals surface area contributed by atoms with Crippen molar-refractivity contribution >= 4 is 5.70 Å². The second kappa shape index (κ2) is 10.9. The summed E-state index contributed by atoms with van der Waals surface area (Å²) in [6.45, 7) is 9.06. The first kappa shape index (κ1) is 24.8. The Labute approximate surface area is 206 Å². The third-order valence-electron chi connectivity index (χ3n) is 8.16. The quantitative estimate of drug-likeness (QED) is 0.473. The summed E-state index contributed by atoms with van der Waals surface area (Å²) in [5.41, 5.74) is 9.67. The van der Waals surface area contributed by atoms with E-state index in [1.807, 2.05) is 0 Å². The maximum absolute atomic E-state index is 15.7. The van der Waals surface area contributed by atoms with Crippen LogP contribution in [0.5, 0.6) is 0 Å². The molecule has 0 radical (unpaired) electrons. The zero-order valence-electron chi connectivity index (χ0n) is 21.6. The highest BCUT2D eigenvalue weighted by molar-refractivity contribution is 5.66. The minimum atomic E-state index is -1.01. The molecule has 0 aromatic heterocycles. The van der Waals surface area contributed by atoms with Crippen molar-refractivity contribution in [2.75, 3.05) is 0 Å². The molecule has 1 unspecified atom stereocenters. The van der Waals surface area contributed by atoms with E-state index in [1.54, 1.807) is 0 Å². The fourth-order valence-corrected chi connectivity index (χ4v) is 5.96. The molecule has 1 aromatic carbocycles. The Morgan fingerprint density at radius 3 is 2.35 bits per heavy atom. The van der Waals surface area contributed by atoms with Crippen molar-refractivity contribution < 1.29 is 4.39 Å². The summed E-state index contributed by atoms with van der Waals surface area (Å²) >= 11 is 0. The van der Waals surface area contributed by atoms with E-state index in [4.69, 9.17) is 0 Å². The minimum Gasteiger partial charge on any atom is -0.361 e. The maximum Gasteiger partial charge on any atom is 0.111 e. The van der Waals surface area contributed by atoms with Crippen LogP contribution in [0.3, 0.4) is 0 Å². The summed E-state index contributed by atoms with van der Waals surface area (Å²) in [7, 11) is 0. The molecule has 182 valence electrons. The van der Waals surface area contributed by atoms with Gasteiger partial charge in [0, 0.05) is 11.9 Å². The van der Waals surface area contributed by atoms with Crippen molar-refractivity contribution in [1.82, 2.24) is 5.32 Å². The van der Waals surface area contributed by atoms with E-state index in [-0.39, 0.29) is 5.92 Å². The molecule has 1 aromatic rings. The fraction of sp³-hybridized carbons (Fsp3) is 0.500. The summed E-state index contributed by atoms with van der Waals surface area (Å²) in [5.74, 6) is 0.226. The van der Waals surface area contributed by atoms with Gasteiger partial charge < -0.3 is 5.32 Å². The maximum atomic E-state index is 15.7. The third-order valence-corrected chi connectivity index (χ3v) is 8.16. The van der Waals surface area contributed by atoms with Gasteiger partial charge in [0.05, 0.1) is 0 Å². The first-order valence-corrected chi connectivity index (χ1v) is 13.3. The zero-order chi connectivity index (χ0) is 24.1. The smallest absolute Gasteiger partial charge is 0.111 e. The number of rotatable bonds is 4. The molecule has 1 heterocycles. The van der Waals surface area contributed by atoms with Gasteiger partial charge in [-0.3, -0.25) is 0 Å². The molecular weight excluding hydrogens is 417 g/mol. The molecular formula is C32H42FN. The standard InChI is InChI=1S/C32H42FN/c1-23-13-16-27(21-32(33)17-9-6-10-18-32)20-30(28-11-7-5-8-12-28)34-22-29(19-23)31-25(3)15-14-24(2)26(31)4/h5,7-8,11-12,19-20,22,27,34H,6,9-10,13-18,21H2,1-4H3/b23-19+,29-22+,30-20-. The first-order chi connectivity index (χ1) is 16.3. The Morgan fingerprint density at radius 1 is 0.912 bits per heavy atom. The number of hydrogen-bond donors (Lipinski definition) is 1. The van der Waals surface area contributed by atoms with Crippen LogP contribution in [-0.4, -0.2) is 5.67 Å². The van der Waals surface area contributed by atoms with Crippen LogP contribution in [0.15, 0.2) is 82.1 Å². The monoisotopic (exact) mass is 459 g/mol. The fourth-order valence-electron chi connectivity index (χ4n) is 5.96. The SMILES string of the molecule is CC1=C(C)C(C2=C/N/C(c3ccccc3)=C\C(CC3(F)CCCCC3)CC\C(C)=C\2)=C(C)CC1. The van der Waals surface area contributed by atoms with E-state index in [9.17, 15) is 0 Å². The Hall–Kier alpha value is -2.35. The molecule has 1 nitrogen and oxygen atoms in total. The number of hydrogen-bond acceptors (Lipinski definition) is 1. The lowest BCUT2D eigenvalue weighted by atomic mass is 9.78. The van der Waals surface area contributed by atoms with Crippen molar-refractivity contribution in [3.63, 3.8) is 0 Å². The van der Waals surface area contributed by atoms with Gasteiger partial charge >= 0.3 is 0 Å². The lowest BCUT2D eigenvalue weighted by Gasteiger charge is -2.32. The summed E-state index contributed by atoms with van der Waals surface area (Å²) in [4.78, 5) is 0. The van der Waals surface area contributed by atoms with E-state index in [1.165, 1.54) is 45.4 Å². The van der Waals surface area contributed by atoms with Gasteiger partial charge in [-0.05, 0) is 101 Å². The molecule has 1 atom stereocenters. The van der Waals surface area contributed by atoms with E-state index < -0.39 is 5.67 Å². The van der Waals surface area contributed by atoms with Crippen molar-refractivity contribution in [3.8, 4) is 0 Å². The normalized spacial score (nSPS) is 28.7. The highest BCUT2D eigenvalue weighted by atomic mass is 19.1. The Kier molecular flexibility index (Phi) is 7.96. The van der Waals surface area contributed by atoms with Gasteiger partial charge in [-0.25, -0.2) is 4.39 Å². The van der Waals surface area contributed by atoms with Crippen molar-refractivity contribution in [3.05, 3.63) is 87.7 Å². The number of alkyl halides is 1. The molecule has 0 amide bonds. The molecule has 1 N–H and O–H groups in total. The molecule has 1 aliphatic heterocycles. The number of halogens is 1. The summed E-state index contributed by atoms with van der Waals surface area (Å²) < 4.78 is 15.7. The Bertz CT molecular complexity index is 1030. The lowest BCUT2D eigenvalue weighted by Crippen LogP contribution is -2.29. The molecule has 0 spiro atoms. The minimum absolute atomic E-state index is 0.226. The van der Waals surface area contributed by atoms with E-state index >= 15 is 4.39 Å². The number of allylic oxidation sites excluding steroid dienone is 8. The van der Waals surface area contributed by atoms with Crippen LogP contribution >= 0.6 is 0 Å². The van der Waals surface area contributed by atoms with Gasteiger partial charge in [0.25, 0.3) is 0 Å². The molecule has 3 aliphatic rings. The van der Waals surface area contributed by atoms with Crippen LogP contribution in [0, 0.1) is 5.92 Å². The molecule has 1 fully saturated rings. The molecule has 2 aliphatic carbocycles. The molecule has 0 saturated heterocycles. The van der Waals surface area contributed by atoms with Crippen molar-refractivity contribution in [2.24, 2.45) is 5.92 Å². The third kappa shape index (κ3) is 6.01. The van der Waals surface area contributed by atoms with E-state index in [2.05, 4.69) is 81.7 Å². The molecule has 1 saturated carbocycles. The van der Waals surface area contributed by atoms with Crippen LogP contribution in [0.4, 0.5) is 4.39 Å². The zero-order valence-corrected chi connectivity index (χ0v) is 21.6. The van der Waals surface area contributed by atoms with Gasteiger partial charge in [0.1, 0.15) is 5.67 Å². The summed E-state index contributed by atoms with van der Waals surface area (Å²) in [6.07, 6.45) is 16.5. The van der Waals surface area contributed by atoms with Crippen molar-refractivity contribution in [2.45, 2.75) is 97.6 Å². The van der Waals surface area contributed by atoms with Crippen molar-refractivity contribution in [1.29, 1.82) is 0 Å². The van der Waals surface area contributed by atoms with Gasteiger partial charge in [-0.2, -0.15) is 0 Å². The topological polar surface area (TPSA) is 12.0 Å². The lowest BCUT2D eigenvalue weighted by molar-refractivity contribution is 0.0816. The van der Waals surface area contributed by atoms with Gasteiger partial charge in [-0.1, -0.05) is 78.5 Å². The van der Waals surface area contributed by atoms with Crippen LogP contribution in [0.25, 0.3) is 5.70 Å². The van der Waals surface area contributed by atoms with E-state index in [0.717, 1.165) is 57.1 Å². The summed E-state index contributed by atoms with van der Waals surface area (Å²) in [6, 6.07) is 10.5. The molecule has 0 bridgehead atoms. The van der Waals surface area contributed by atoms with Crippen LogP contribution in [0.1, 0.15) is 97.5 Å². The number of benzene rings is 1. The number of nitrogens with one attached hydrogen (secondary N) is 1. The second-order valence-corrected chi connectivity index (χ2v) is 11.0. The van der Waals surface area contributed by atoms with Crippen LogP contribution < -0.4 is 5.32 Å². The Morgan fingerprint density at radius 2 is 1.62 bits per heavy atom. The van der Waals surface area contributed by atoms with E-state index in [0.29, 0.717) is 6.42 Å². The van der Waals surface area contributed by atoms with Gasteiger partial charge in [0.15, 0.2) is 0 Å². The predicted octanol–water partition coefficient (Wildman–Crippen LogP) is 9.37.